The summed E-state index contributed by atoms with van der Waals surface area (Å²) in [7, 11) is 0. The Labute approximate surface area is 120 Å². The molecule has 1 heterocycles. The maximum absolute atomic E-state index is 13.3. The van der Waals surface area contributed by atoms with Crippen LogP contribution in [0.3, 0.4) is 0 Å². The Morgan fingerprint density at radius 3 is 2.67 bits per heavy atom. The number of benzene rings is 2. The molecule has 0 aliphatic heterocycles. The number of carbonyl (C=O) groups is 1. The lowest BCUT2D eigenvalue weighted by molar-refractivity contribution is 0.0992. The van der Waals surface area contributed by atoms with Crippen LogP contribution >= 0.6 is 0 Å². The van der Waals surface area contributed by atoms with Gasteiger partial charge >= 0.3 is 0 Å². The number of aromatic nitrogens is 1. The van der Waals surface area contributed by atoms with Gasteiger partial charge in [0.2, 0.25) is 0 Å². The number of primary amides is 1. The summed E-state index contributed by atoms with van der Waals surface area (Å²) in [5, 5.41) is 0.834. The van der Waals surface area contributed by atoms with E-state index in [0.29, 0.717) is 17.9 Å². The van der Waals surface area contributed by atoms with Crippen molar-refractivity contribution in [1.29, 1.82) is 0 Å². The number of carbonyl (C=O) groups excluding carboxylic acids is 1. The second-order valence-corrected chi connectivity index (χ2v) is 4.93. The van der Waals surface area contributed by atoms with E-state index >= 15 is 0 Å². The van der Waals surface area contributed by atoms with Crippen molar-refractivity contribution in [3.8, 4) is 0 Å². The molecule has 106 valence electrons. The average Bonchev–Trinajstić information content (AvgIpc) is 2.77. The van der Waals surface area contributed by atoms with Crippen LogP contribution in [0.4, 0.5) is 10.1 Å². The normalized spacial score (nSPS) is 10.9. The highest BCUT2D eigenvalue weighted by molar-refractivity contribution is 5.98. The van der Waals surface area contributed by atoms with Crippen LogP contribution in [0.1, 0.15) is 16.1 Å². The van der Waals surface area contributed by atoms with Crippen LogP contribution in [-0.4, -0.2) is 10.5 Å². The number of rotatable bonds is 3. The predicted molar refractivity (Wildman–Crippen MR) is 80.4 cm³/mol. The van der Waals surface area contributed by atoms with Crippen molar-refractivity contribution < 1.29 is 9.18 Å². The highest BCUT2D eigenvalue weighted by atomic mass is 19.1. The van der Waals surface area contributed by atoms with Gasteiger partial charge in [0.05, 0.1) is 0 Å². The summed E-state index contributed by atoms with van der Waals surface area (Å²) in [6.07, 6.45) is 0. The first-order valence-electron chi connectivity index (χ1n) is 6.47. The fourth-order valence-electron chi connectivity index (χ4n) is 2.48. The molecule has 0 saturated heterocycles. The third-order valence-electron chi connectivity index (χ3n) is 3.41. The molecule has 3 aromatic rings. The molecule has 0 atom stereocenters. The number of hydrogen-bond acceptors (Lipinski definition) is 2. The van der Waals surface area contributed by atoms with E-state index in [-0.39, 0.29) is 5.82 Å². The molecule has 4 N–H and O–H groups in total. The number of anilines is 1. The van der Waals surface area contributed by atoms with E-state index in [2.05, 4.69) is 0 Å². The van der Waals surface area contributed by atoms with Gasteiger partial charge in [-0.3, -0.25) is 4.79 Å². The van der Waals surface area contributed by atoms with Crippen molar-refractivity contribution in [3.05, 3.63) is 65.6 Å². The molecule has 0 aliphatic carbocycles. The number of amides is 1. The van der Waals surface area contributed by atoms with Crippen molar-refractivity contribution in [2.24, 2.45) is 5.73 Å². The summed E-state index contributed by atoms with van der Waals surface area (Å²) in [5.41, 5.74) is 13.8. The number of fused-ring (bicyclic) bond motifs is 1. The fraction of sp³-hybridized carbons (Fsp3) is 0.0625. The first kappa shape index (κ1) is 13.2. The van der Waals surface area contributed by atoms with Gasteiger partial charge in [-0.25, -0.2) is 4.39 Å². The van der Waals surface area contributed by atoms with Gasteiger partial charge in [-0.1, -0.05) is 12.1 Å². The number of nitrogens with two attached hydrogens (primary N) is 2. The van der Waals surface area contributed by atoms with E-state index in [1.807, 2.05) is 6.07 Å². The van der Waals surface area contributed by atoms with Crippen LogP contribution in [0, 0.1) is 5.82 Å². The Bertz CT molecular complexity index is 839. The molecule has 0 unspecified atom stereocenters. The molecule has 1 aromatic heterocycles. The van der Waals surface area contributed by atoms with E-state index < -0.39 is 5.91 Å². The summed E-state index contributed by atoms with van der Waals surface area (Å²) in [6.45, 7) is 0.365. The van der Waals surface area contributed by atoms with Gasteiger partial charge in [0.25, 0.3) is 5.91 Å². The number of nitrogen functional groups attached to an aromatic ring is 1. The molecule has 4 nitrogen and oxygen atoms in total. The van der Waals surface area contributed by atoms with Crippen LogP contribution in [0.25, 0.3) is 10.9 Å². The largest absolute Gasteiger partial charge is 0.399 e. The first-order valence-corrected chi connectivity index (χ1v) is 6.47. The summed E-state index contributed by atoms with van der Waals surface area (Å²) in [4.78, 5) is 11.6. The molecule has 1 amide bonds. The van der Waals surface area contributed by atoms with Gasteiger partial charge in [-0.05, 0) is 42.0 Å². The van der Waals surface area contributed by atoms with Gasteiger partial charge in [-0.2, -0.15) is 0 Å². The molecule has 0 radical (unpaired) electrons. The third-order valence-corrected chi connectivity index (χ3v) is 3.41. The summed E-state index contributed by atoms with van der Waals surface area (Å²) < 4.78 is 15.1. The van der Waals surface area contributed by atoms with Crippen LogP contribution in [0.15, 0.2) is 48.5 Å². The molecule has 0 bridgehead atoms. The zero-order chi connectivity index (χ0) is 15.0. The Balaban J connectivity index is 2.15. The molecule has 0 spiro atoms. The van der Waals surface area contributed by atoms with E-state index in [4.69, 9.17) is 11.5 Å². The molecule has 2 aromatic carbocycles. The monoisotopic (exact) mass is 283 g/mol. The maximum atomic E-state index is 13.3. The second-order valence-electron chi connectivity index (χ2n) is 4.93. The number of nitrogens with zero attached hydrogens (tertiary/aromatic N) is 1. The van der Waals surface area contributed by atoms with Crippen molar-refractivity contribution in [2.75, 3.05) is 5.73 Å². The van der Waals surface area contributed by atoms with E-state index in [9.17, 15) is 9.18 Å². The molecular formula is C16H14FN3O. The Hall–Kier alpha value is -2.82. The standard InChI is InChI=1S/C16H14FN3O/c17-12-3-1-2-10(6-12)9-20-14-5-4-13(18)7-11(14)8-15(20)16(19)21/h1-8H,9,18H2,(H2,19,21). The van der Waals surface area contributed by atoms with Gasteiger partial charge in [0, 0.05) is 23.1 Å². The van der Waals surface area contributed by atoms with Crippen molar-refractivity contribution in [1.82, 2.24) is 4.57 Å². The zero-order valence-electron chi connectivity index (χ0n) is 11.2. The summed E-state index contributed by atoms with van der Waals surface area (Å²) in [5.74, 6) is -0.838. The van der Waals surface area contributed by atoms with Crippen molar-refractivity contribution in [2.45, 2.75) is 6.54 Å². The topological polar surface area (TPSA) is 74.0 Å². The highest BCUT2D eigenvalue weighted by Crippen LogP contribution is 2.23. The van der Waals surface area contributed by atoms with Crippen LogP contribution in [-0.2, 0) is 6.54 Å². The van der Waals surface area contributed by atoms with E-state index in [0.717, 1.165) is 16.5 Å². The van der Waals surface area contributed by atoms with Gasteiger partial charge in [0.15, 0.2) is 0 Å². The summed E-state index contributed by atoms with van der Waals surface area (Å²) >= 11 is 0. The molecule has 21 heavy (non-hydrogen) atoms. The minimum absolute atomic E-state index is 0.311. The average molecular weight is 283 g/mol. The van der Waals surface area contributed by atoms with Crippen LogP contribution in [0.2, 0.25) is 0 Å². The lowest BCUT2D eigenvalue weighted by Gasteiger charge is -2.09. The first-order chi connectivity index (χ1) is 10.0. The van der Waals surface area contributed by atoms with Gasteiger partial charge < -0.3 is 16.0 Å². The van der Waals surface area contributed by atoms with E-state index in [1.54, 1.807) is 34.9 Å². The lowest BCUT2D eigenvalue weighted by atomic mass is 10.2. The predicted octanol–water partition coefficient (Wildman–Crippen LogP) is 2.51. The van der Waals surface area contributed by atoms with Crippen LogP contribution < -0.4 is 11.5 Å². The number of halogens is 1. The van der Waals surface area contributed by atoms with Gasteiger partial charge in [-0.15, -0.1) is 0 Å². The Morgan fingerprint density at radius 1 is 1.14 bits per heavy atom. The highest BCUT2D eigenvalue weighted by Gasteiger charge is 2.13. The minimum Gasteiger partial charge on any atom is -0.399 e. The Morgan fingerprint density at radius 2 is 1.95 bits per heavy atom. The van der Waals surface area contributed by atoms with Crippen molar-refractivity contribution >= 4 is 22.5 Å². The molecule has 0 aliphatic rings. The maximum Gasteiger partial charge on any atom is 0.265 e. The molecule has 5 heteroatoms. The lowest BCUT2D eigenvalue weighted by Crippen LogP contribution is -2.17. The van der Waals surface area contributed by atoms with Gasteiger partial charge in [0.1, 0.15) is 11.5 Å². The number of hydrogen-bond donors (Lipinski definition) is 2. The SMILES string of the molecule is NC(=O)c1cc2cc(N)ccc2n1Cc1cccc(F)c1. The Kier molecular flexibility index (Phi) is 3.10. The molecule has 3 rings (SSSR count). The van der Waals surface area contributed by atoms with Crippen LogP contribution in [0.5, 0.6) is 0 Å². The molecular weight excluding hydrogens is 269 g/mol. The van der Waals surface area contributed by atoms with Crippen molar-refractivity contribution in [3.63, 3.8) is 0 Å². The third kappa shape index (κ3) is 2.45. The minimum atomic E-state index is -0.527. The molecule has 0 fully saturated rings. The quantitative estimate of drug-likeness (QED) is 0.725. The summed E-state index contributed by atoms with van der Waals surface area (Å²) in [6, 6.07) is 13.3. The zero-order valence-corrected chi connectivity index (χ0v) is 11.2. The second kappa shape index (κ2) is 4.94. The fourth-order valence-corrected chi connectivity index (χ4v) is 2.48. The van der Waals surface area contributed by atoms with E-state index in [1.165, 1.54) is 12.1 Å². The molecule has 0 saturated carbocycles. The smallest absolute Gasteiger partial charge is 0.265 e.